The van der Waals surface area contributed by atoms with Crippen LogP contribution in [0, 0.1) is 0 Å². The van der Waals surface area contributed by atoms with Gasteiger partial charge in [0.1, 0.15) is 5.75 Å². The summed E-state index contributed by atoms with van der Waals surface area (Å²) in [6, 6.07) is 11.1. The zero-order valence-corrected chi connectivity index (χ0v) is 15.6. The Hall–Kier alpha value is -2.45. The molecule has 0 aliphatic carbocycles. The fourth-order valence-electron chi connectivity index (χ4n) is 2.70. The van der Waals surface area contributed by atoms with Crippen LogP contribution >= 0.6 is 11.6 Å². The summed E-state index contributed by atoms with van der Waals surface area (Å²) in [7, 11) is -1.88. The van der Waals surface area contributed by atoms with Crippen molar-refractivity contribution in [1.82, 2.24) is 0 Å². The second kappa shape index (κ2) is 7.43. The molecule has 1 fully saturated rings. The molecule has 138 valence electrons. The van der Waals surface area contributed by atoms with E-state index in [9.17, 15) is 13.2 Å². The Morgan fingerprint density at radius 2 is 1.77 bits per heavy atom. The Morgan fingerprint density at radius 3 is 2.38 bits per heavy atom. The maximum Gasteiger partial charge on any atom is 0.323 e. The first kappa shape index (κ1) is 18.3. The first-order valence-corrected chi connectivity index (χ1v) is 9.90. The standard InChI is InChI=1S/C17H18ClN3O4S/c1-25-16-8-7-14(11-15(16)21-9-2-10-26(21,23)24)20-17(22)19-13-5-3-12(18)4-6-13/h3-8,11H,2,9-10H2,1H3,(H2,19,20,22). The van der Waals surface area contributed by atoms with Crippen LogP contribution in [0.1, 0.15) is 6.42 Å². The normalized spacial score (nSPS) is 15.5. The summed E-state index contributed by atoms with van der Waals surface area (Å²) in [5, 5.41) is 5.94. The quantitative estimate of drug-likeness (QED) is 0.828. The lowest BCUT2D eigenvalue weighted by atomic mass is 10.2. The number of methoxy groups -OCH3 is 1. The zero-order valence-electron chi connectivity index (χ0n) is 14.0. The lowest BCUT2D eigenvalue weighted by molar-refractivity contribution is 0.262. The van der Waals surface area contributed by atoms with Crippen molar-refractivity contribution in [3.63, 3.8) is 0 Å². The zero-order chi connectivity index (χ0) is 18.7. The molecule has 1 aliphatic heterocycles. The number of urea groups is 1. The maximum absolute atomic E-state index is 12.2. The molecule has 0 radical (unpaired) electrons. The van der Waals surface area contributed by atoms with Gasteiger partial charge in [0.25, 0.3) is 0 Å². The van der Waals surface area contributed by atoms with Gasteiger partial charge in [0.05, 0.1) is 18.6 Å². The van der Waals surface area contributed by atoms with Crippen LogP contribution in [-0.4, -0.2) is 33.9 Å². The van der Waals surface area contributed by atoms with E-state index in [0.29, 0.717) is 40.8 Å². The number of nitrogens with zero attached hydrogens (tertiary/aromatic N) is 1. The largest absolute Gasteiger partial charge is 0.495 e. The molecule has 0 aromatic heterocycles. The fourth-order valence-corrected chi connectivity index (χ4v) is 4.39. The van der Waals surface area contributed by atoms with Crippen LogP contribution in [0.3, 0.4) is 0 Å². The molecule has 2 aromatic carbocycles. The number of anilines is 3. The van der Waals surface area contributed by atoms with E-state index < -0.39 is 16.1 Å². The van der Waals surface area contributed by atoms with Crippen molar-refractivity contribution >= 4 is 44.7 Å². The molecule has 9 heteroatoms. The van der Waals surface area contributed by atoms with E-state index in [0.717, 1.165) is 0 Å². The van der Waals surface area contributed by atoms with Crippen LogP contribution < -0.4 is 19.7 Å². The van der Waals surface area contributed by atoms with Gasteiger partial charge in [-0.05, 0) is 48.9 Å². The Labute approximate surface area is 157 Å². The Morgan fingerprint density at radius 1 is 1.12 bits per heavy atom. The van der Waals surface area contributed by atoms with E-state index in [2.05, 4.69) is 10.6 Å². The second-order valence-electron chi connectivity index (χ2n) is 5.71. The van der Waals surface area contributed by atoms with Crippen LogP contribution in [-0.2, 0) is 10.0 Å². The summed E-state index contributed by atoms with van der Waals surface area (Å²) in [6.07, 6.45) is 0.556. The first-order valence-electron chi connectivity index (χ1n) is 7.91. The number of hydrogen-bond donors (Lipinski definition) is 2. The lowest BCUT2D eigenvalue weighted by Gasteiger charge is -2.20. The summed E-state index contributed by atoms with van der Waals surface area (Å²) >= 11 is 5.82. The molecular formula is C17H18ClN3O4S. The number of nitrogens with one attached hydrogen (secondary N) is 2. The third kappa shape index (κ3) is 4.03. The Balaban J connectivity index is 1.79. The summed E-state index contributed by atoms with van der Waals surface area (Å²) in [4.78, 5) is 12.2. The van der Waals surface area contributed by atoms with Gasteiger partial charge in [-0.3, -0.25) is 4.31 Å². The van der Waals surface area contributed by atoms with E-state index in [4.69, 9.17) is 16.3 Å². The summed E-state index contributed by atoms with van der Waals surface area (Å²) in [5.41, 5.74) is 1.45. The molecule has 0 bridgehead atoms. The summed E-state index contributed by atoms with van der Waals surface area (Å²) < 4.78 is 31.0. The minimum absolute atomic E-state index is 0.102. The smallest absolute Gasteiger partial charge is 0.323 e. The van der Waals surface area contributed by atoms with Gasteiger partial charge >= 0.3 is 6.03 Å². The SMILES string of the molecule is COc1ccc(NC(=O)Nc2ccc(Cl)cc2)cc1N1CCCS1(=O)=O. The molecule has 0 unspecified atom stereocenters. The van der Waals surface area contributed by atoms with Gasteiger partial charge in [-0.2, -0.15) is 0 Å². The van der Waals surface area contributed by atoms with Crippen molar-refractivity contribution < 1.29 is 17.9 Å². The number of carbonyl (C=O) groups excluding carboxylic acids is 1. The third-order valence-corrected chi connectivity index (χ3v) is 6.01. The molecular weight excluding hydrogens is 378 g/mol. The van der Waals surface area contributed by atoms with Crippen molar-refractivity contribution in [3.8, 4) is 5.75 Å². The fraction of sp³-hybridized carbons (Fsp3) is 0.235. The minimum Gasteiger partial charge on any atom is -0.495 e. The first-order chi connectivity index (χ1) is 12.4. The van der Waals surface area contributed by atoms with Crippen LogP contribution in [0.15, 0.2) is 42.5 Å². The molecule has 26 heavy (non-hydrogen) atoms. The predicted molar refractivity (Wildman–Crippen MR) is 103 cm³/mol. The van der Waals surface area contributed by atoms with Crippen molar-refractivity contribution in [2.75, 3.05) is 34.3 Å². The second-order valence-corrected chi connectivity index (χ2v) is 8.16. The van der Waals surface area contributed by atoms with E-state index in [1.807, 2.05) is 0 Å². The molecule has 3 rings (SSSR count). The van der Waals surface area contributed by atoms with E-state index in [1.165, 1.54) is 11.4 Å². The molecule has 7 nitrogen and oxygen atoms in total. The molecule has 1 heterocycles. The maximum atomic E-state index is 12.2. The molecule has 2 aromatic rings. The highest BCUT2D eigenvalue weighted by Crippen LogP contribution is 2.35. The van der Waals surface area contributed by atoms with Gasteiger partial charge in [0.2, 0.25) is 10.0 Å². The summed E-state index contributed by atoms with van der Waals surface area (Å²) in [6.45, 7) is 0.388. The number of amides is 2. The number of halogens is 1. The average Bonchev–Trinajstić information content (AvgIpc) is 2.96. The highest BCUT2D eigenvalue weighted by Gasteiger charge is 2.30. The van der Waals surface area contributed by atoms with Gasteiger partial charge in [0, 0.05) is 22.9 Å². The molecule has 0 saturated carbocycles. The van der Waals surface area contributed by atoms with Crippen LogP contribution in [0.2, 0.25) is 5.02 Å². The number of rotatable bonds is 4. The van der Waals surface area contributed by atoms with Crippen LogP contribution in [0.4, 0.5) is 21.9 Å². The number of ether oxygens (including phenoxy) is 1. The topological polar surface area (TPSA) is 87.7 Å². The number of benzene rings is 2. The average molecular weight is 396 g/mol. The van der Waals surface area contributed by atoms with Gasteiger partial charge in [-0.1, -0.05) is 11.6 Å². The number of hydrogen-bond acceptors (Lipinski definition) is 4. The lowest BCUT2D eigenvalue weighted by Crippen LogP contribution is -2.26. The Kier molecular flexibility index (Phi) is 5.24. The molecule has 0 atom stereocenters. The Bertz CT molecular complexity index is 916. The monoisotopic (exact) mass is 395 g/mol. The summed E-state index contributed by atoms with van der Waals surface area (Å²) in [5.74, 6) is 0.532. The number of carbonyl (C=O) groups is 1. The van der Waals surface area contributed by atoms with Gasteiger partial charge < -0.3 is 15.4 Å². The van der Waals surface area contributed by atoms with Crippen LogP contribution in [0.25, 0.3) is 0 Å². The molecule has 2 N–H and O–H groups in total. The van der Waals surface area contributed by atoms with Crippen LogP contribution in [0.5, 0.6) is 5.75 Å². The molecule has 2 amide bonds. The van der Waals surface area contributed by atoms with Crippen molar-refractivity contribution in [3.05, 3.63) is 47.5 Å². The number of sulfonamides is 1. The highest BCUT2D eigenvalue weighted by atomic mass is 35.5. The van der Waals surface area contributed by atoms with Crippen molar-refractivity contribution in [1.29, 1.82) is 0 Å². The van der Waals surface area contributed by atoms with Gasteiger partial charge in [-0.15, -0.1) is 0 Å². The third-order valence-electron chi connectivity index (χ3n) is 3.91. The molecule has 0 spiro atoms. The molecule has 1 saturated heterocycles. The van der Waals surface area contributed by atoms with E-state index in [-0.39, 0.29) is 5.75 Å². The molecule has 1 aliphatic rings. The highest BCUT2D eigenvalue weighted by molar-refractivity contribution is 7.93. The minimum atomic E-state index is -3.36. The van der Waals surface area contributed by atoms with E-state index in [1.54, 1.807) is 42.5 Å². The van der Waals surface area contributed by atoms with Crippen molar-refractivity contribution in [2.45, 2.75) is 6.42 Å². The van der Waals surface area contributed by atoms with Gasteiger partial charge in [0.15, 0.2) is 0 Å². The van der Waals surface area contributed by atoms with E-state index >= 15 is 0 Å². The predicted octanol–water partition coefficient (Wildman–Crippen LogP) is 3.53. The van der Waals surface area contributed by atoms with Crippen molar-refractivity contribution in [2.24, 2.45) is 0 Å². The van der Waals surface area contributed by atoms with Gasteiger partial charge in [-0.25, -0.2) is 13.2 Å².